The van der Waals surface area contributed by atoms with Crippen molar-refractivity contribution in [3.8, 4) is 11.5 Å². The molecule has 0 aliphatic carbocycles. The Kier molecular flexibility index (Phi) is 8.27. The Morgan fingerprint density at radius 1 is 0.946 bits per heavy atom. The number of nitrogen functional groups attached to an aromatic ring is 1. The molecular weight excluding hydrogens is 472 g/mol. The lowest BCUT2D eigenvalue weighted by atomic mass is 10.2. The van der Waals surface area contributed by atoms with Crippen LogP contribution in [0.2, 0.25) is 0 Å². The summed E-state index contributed by atoms with van der Waals surface area (Å²) in [6, 6.07) is 21.2. The Morgan fingerprint density at radius 3 is 2.38 bits per heavy atom. The molecule has 9 heteroatoms. The summed E-state index contributed by atoms with van der Waals surface area (Å²) in [5.41, 5.74) is 8.06. The van der Waals surface area contributed by atoms with Crippen LogP contribution in [-0.2, 0) is 4.79 Å². The molecule has 37 heavy (non-hydrogen) atoms. The van der Waals surface area contributed by atoms with E-state index in [0.717, 1.165) is 17.7 Å². The molecule has 0 unspecified atom stereocenters. The number of likely N-dealkylation sites (N-methyl/N-ethyl adjacent to an activating group) is 1. The fraction of sp³-hybridized carbons (Fsp3) is 0.214. The van der Waals surface area contributed by atoms with Gasteiger partial charge in [-0.15, -0.1) is 0 Å². The Morgan fingerprint density at radius 2 is 1.65 bits per heavy atom. The van der Waals surface area contributed by atoms with E-state index in [0.29, 0.717) is 47.2 Å². The van der Waals surface area contributed by atoms with E-state index >= 15 is 0 Å². The van der Waals surface area contributed by atoms with E-state index in [4.69, 9.17) is 19.6 Å². The molecule has 0 fully saturated rings. The molecule has 0 saturated heterocycles. The van der Waals surface area contributed by atoms with E-state index in [1.165, 1.54) is 4.90 Å². The van der Waals surface area contributed by atoms with E-state index in [2.05, 4.69) is 5.32 Å². The lowest BCUT2D eigenvalue weighted by Gasteiger charge is -2.14. The lowest BCUT2D eigenvalue weighted by Crippen LogP contribution is -2.26. The van der Waals surface area contributed by atoms with Crippen molar-refractivity contribution < 1.29 is 23.5 Å². The van der Waals surface area contributed by atoms with Gasteiger partial charge in [0.15, 0.2) is 0 Å². The number of nitrogens with zero attached hydrogens (tertiary/aromatic N) is 2. The van der Waals surface area contributed by atoms with Gasteiger partial charge in [0, 0.05) is 23.6 Å². The number of nitrogens with one attached hydrogen (secondary N) is 1. The zero-order chi connectivity index (χ0) is 26.2. The number of nitrogens with two attached hydrogens (primary N) is 1. The van der Waals surface area contributed by atoms with E-state index in [1.807, 2.05) is 37.2 Å². The highest BCUT2D eigenvalue weighted by atomic mass is 16.5. The molecule has 4 aromatic rings. The van der Waals surface area contributed by atoms with Crippen LogP contribution in [0.1, 0.15) is 10.4 Å². The number of benzene rings is 3. The number of carbonyl (C=O) groups is 2. The fourth-order valence-corrected chi connectivity index (χ4v) is 3.57. The van der Waals surface area contributed by atoms with Crippen molar-refractivity contribution in [2.24, 2.45) is 0 Å². The normalized spacial score (nSPS) is 10.9. The summed E-state index contributed by atoms with van der Waals surface area (Å²) in [4.78, 5) is 27.7. The SMILES string of the molecule is CN(C)CCOc1ccc2oc(N(C=O)CCOc3ccc(C(=O)Nc4ccccc4N)cc3)cc2c1. The van der Waals surface area contributed by atoms with Gasteiger partial charge in [-0.05, 0) is 68.7 Å². The van der Waals surface area contributed by atoms with Gasteiger partial charge in [0.25, 0.3) is 5.91 Å². The standard InChI is InChI=1S/C28H30N4O5/c1-31(2)13-15-36-23-11-12-26-21(17-23)18-27(37-26)32(19-33)14-16-35-22-9-7-20(8-10-22)28(34)30-25-6-4-3-5-24(25)29/h3-12,17-19H,13-16,29H2,1-2H3,(H,30,34). The predicted octanol–water partition coefficient (Wildman–Crippen LogP) is 4.25. The van der Waals surface area contributed by atoms with Crippen molar-refractivity contribution in [2.75, 3.05) is 56.3 Å². The highest BCUT2D eigenvalue weighted by Crippen LogP contribution is 2.29. The van der Waals surface area contributed by atoms with Crippen LogP contribution in [0.15, 0.2) is 77.2 Å². The molecular formula is C28H30N4O5. The van der Waals surface area contributed by atoms with Gasteiger partial charge < -0.3 is 29.8 Å². The molecule has 0 bridgehead atoms. The molecule has 3 aromatic carbocycles. The van der Waals surface area contributed by atoms with Crippen LogP contribution in [0.5, 0.6) is 11.5 Å². The number of rotatable bonds is 12. The second kappa shape index (κ2) is 12.0. The van der Waals surface area contributed by atoms with Crippen LogP contribution < -0.4 is 25.4 Å². The smallest absolute Gasteiger partial charge is 0.255 e. The molecule has 1 heterocycles. The minimum absolute atomic E-state index is 0.237. The molecule has 1 aromatic heterocycles. The van der Waals surface area contributed by atoms with Crippen molar-refractivity contribution in [3.05, 3.63) is 78.4 Å². The summed E-state index contributed by atoms with van der Waals surface area (Å²) in [6.45, 7) is 1.91. The van der Waals surface area contributed by atoms with Crippen molar-refractivity contribution in [1.82, 2.24) is 4.90 Å². The average molecular weight is 503 g/mol. The zero-order valence-corrected chi connectivity index (χ0v) is 20.8. The maximum atomic E-state index is 12.5. The van der Waals surface area contributed by atoms with Crippen molar-refractivity contribution >= 4 is 40.5 Å². The Labute approximate surface area is 215 Å². The monoisotopic (exact) mass is 502 g/mol. The Hall–Kier alpha value is -4.50. The first kappa shape index (κ1) is 25.6. The highest BCUT2D eigenvalue weighted by molar-refractivity contribution is 6.05. The van der Waals surface area contributed by atoms with Crippen LogP contribution in [0, 0.1) is 0 Å². The van der Waals surface area contributed by atoms with Crippen LogP contribution in [0.3, 0.4) is 0 Å². The predicted molar refractivity (Wildman–Crippen MR) is 144 cm³/mol. The summed E-state index contributed by atoms with van der Waals surface area (Å²) in [5, 5.41) is 3.63. The molecule has 192 valence electrons. The number of hydrogen-bond acceptors (Lipinski definition) is 7. The van der Waals surface area contributed by atoms with Crippen molar-refractivity contribution in [3.63, 3.8) is 0 Å². The van der Waals surface area contributed by atoms with Gasteiger partial charge in [0.2, 0.25) is 12.3 Å². The summed E-state index contributed by atoms with van der Waals surface area (Å²) < 4.78 is 17.4. The first-order valence-corrected chi connectivity index (χ1v) is 11.8. The largest absolute Gasteiger partial charge is 0.492 e. The van der Waals surface area contributed by atoms with Crippen LogP contribution >= 0.6 is 0 Å². The topological polar surface area (TPSA) is 110 Å². The Bertz CT molecular complexity index is 1350. The summed E-state index contributed by atoms with van der Waals surface area (Å²) in [7, 11) is 3.98. The number of hydrogen-bond donors (Lipinski definition) is 2. The maximum absolute atomic E-state index is 12.5. The average Bonchev–Trinajstić information content (AvgIpc) is 3.31. The van der Waals surface area contributed by atoms with Crippen molar-refractivity contribution in [2.45, 2.75) is 0 Å². The van der Waals surface area contributed by atoms with Crippen LogP contribution in [0.4, 0.5) is 17.3 Å². The zero-order valence-electron chi connectivity index (χ0n) is 20.8. The van der Waals surface area contributed by atoms with Crippen LogP contribution in [0.25, 0.3) is 11.0 Å². The number of amides is 2. The minimum Gasteiger partial charge on any atom is -0.492 e. The molecule has 9 nitrogen and oxygen atoms in total. The lowest BCUT2D eigenvalue weighted by molar-refractivity contribution is -0.107. The molecule has 3 N–H and O–H groups in total. The third-order valence-electron chi connectivity index (χ3n) is 5.62. The number of ether oxygens (including phenoxy) is 2. The molecule has 0 spiro atoms. The first-order valence-electron chi connectivity index (χ1n) is 11.8. The second-order valence-corrected chi connectivity index (χ2v) is 8.65. The molecule has 0 aliphatic rings. The summed E-state index contributed by atoms with van der Waals surface area (Å²) in [6.07, 6.45) is 0.707. The van der Waals surface area contributed by atoms with Gasteiger partial charge in [0.1, 0.15) is 30.3 Å². The molecule has 0 saturated carbocycles. The maximum Gasteiger partial charge on any atom is 0.255 e. The Balaban J connectivity index is 1.31. The number of para-hydroxylation sites is 2. The van der Waals surface area contributed by atoms with E-state index < -0.39 is 0 Å². The molecule has 0 atom stereocenters. The number of furan rings is 1. The highest BCUT2D eigenvalue weighted by Gasteiger charge is 2.13. The van der Waals surface area contributed by atoms with E-state index in [-0.39, 0.29) is 19.1 Å². The van der Waals surface area contributed by atoms with Gasteiger partial charge in [-0.1, -0.05) is 12.1 Å². The number of anilines is 3. The fourth-order valence-electron chi connectivity index (χ4n) is 3.57. The van der Waals surface area contributed by atoms with Gasteiger partial charge in [-0.2, -0.15) is 0 Å². The van der Waals surface area contributed by atoms with Gasteiger partial charge in [0.05, 0.1) is 17.9 Å². The summed E-state index contributed by atoms with van der Waals surface area (Å²) in [5.74, 6) is 1.47. The van der Waals surface area contributed by atoms with Crippen LogP contribution in [-0.4, -0.2) is 57.6 Å². The van der Waals surface area contributed by atoms with Crippen molar-refractivity contribution in [1.29, 1.82) is 0 Å². The second-order valence-electron chi connectivity index (χ2n) is 8.65. The quantitative estimate of drug-likeness (QED) is 0.220. The third kappa shape index (κ3) is 6.80. The number of fused-ring (bicyclic) bond motifs is 1. The summed E-state index contributed by atoms with van der Waals surface area (Å²) >= 11 is 0. The van der Waals surface area contributed by atoms with E-state index in [9.17, 15) is 9.59 Å². The van der Waals surface area contributed by atoms with Gasteiger partial charge in [-0.3, -0.25) is 14.5 Å². The van der Waals surface area contributed by atoms with Gasteiger partial charge >= 0.3 is 0 Å². The molecule has 2 amide bonds. The van der Waals surface area contributed by atoms with Gasteiger partial charge in [-0.25, -0.2) is 0 Å². The molecule has 0 aliphatic heterocycles. The number of carbonyl (C=O) groups excluding carboxylic acids is 2. The first-order chi connectivity index (χ1) is 17.9. The molecule has 4 rings (SSSR count). The minimum atomic E-state index is -0.271. The third-order valence-corrected chi connectivity index (χ3v) is 5.62. The molecule has 0 radical (unpaired) electrons. The van der Waals surface area contributed by atoms with E-state index in [1.54, 1.807) is 54.6 Å².